The van der Waals surface area contributed by atoms with Gasteiger partial charge >= 0.3 is 0 Å². The number of hydrogen-bond donors (Lipinski definition) is 0. The average Bonchev–Trinajstić information content (AvgIpc) is 2.39. The van der Waals surface area contributed by atoms with E-state index in [1.54, 1.807) is 5.19 Å². The molecule has 0 aromatic heterocycles. The molecule has 2 rings (SSSR count). The molecule has 0 spiro atoms. The molecule has 0 aliphatic carbocycles. The van der Waals surface area contributed by atoms with Crippen molar-refractivity contribution in [1.82, 2.24) is 4.90 Å². The lowest BCUT2D eigenvalue weighted by molar-refractivity contribution is 0.0389. The number of hydrogen-bond acceptors (Lipinski definition) is 2. The number of likely N-dealkylation sites (tertiary alicyclic amines) is 1. The summed E-state index contributed by atoms with van der Waals surface area (Å²) in [4.78, 5) is 2.54. The van der Waals surface area contributed by atoms with Crippen molar-refractivity contribution >= 4 is 13.3 Å². The van der Waals surface area contributed by atoms with Crippen LogP contribution in [-0.2, 0) is 11.3 Å². The van der Waals surface area contributed by atoms with Gasteiger partial charge < -0.3 is 4.74 Å². The lowest BCUT2D eigenvalue weighted by Crippen LogP contribution is -2.38. The first-order chi connectivity index (χ1) is 8.99. The molecule has 1 aromatic rings. The van der Waals surface area contributed by atoms with Crippen LogP contribution in [0.4, 0.5) is 0 Å². The molecule has 1 heterocycles. The molecule has 1 fully saturated rings. The number of ether oxygens (including phenoxy) is 1. The Morgan fingerprint density at radius 3 is 2.16 bits per heavy atom. The Kier molecular flexibility index (Phi) is 4.82. The summed E-state index contributed by atoms with van der Waals surface area (Å²) in [6.45, 7) is 10.6. The highest BCUT2D eigenvalue weighted by Crippen LogP contribution is 2.15. The van der Waals surface area contributed by atoms with E-state index >= 15 is 0 Å². The molecule has 0 amide bonds. The lowest BCUT2D eigenvalue weighted by atomic mass is 10.1. The van der Waals surface area contributed by atoms with E-state index in [-0.39, 0.29) is 0 Å². The lowest BCUT2D eigenvalue weighted by Gasteiger charge is -2.31. The van der Waals surface area contributed by atoms with Crippen molar-refractivity contribution in [2.24, 2.45) is 0 Å². The maximum atomic E-state index is 5.42. The highest BCUT2D eigenvalue weighted by Gasteiger charge is 2.19. The summed E-state index contributed by atoms with van der Waals surface area (Å²) in [5, 5.41) is 1.55. The number of benzene rings is 1. The van der Waals surface area contributed by atoms with Gasteiger partial charge in [-0.05, 0) is 18.4 Å². The van der Waals surface area contributed by atoms with E-state index in [2.05, 4.69) is 48.8 Å². The molecule has 0 radical (unpaired) electrons. The second kappa shape index (κ2) is 6.20. The van der Waals surface area contributed by atoms with Crippen LogP contribution in [0, 0.1) is 0 Å². The molecule has 1 aliphatic rings. The molecule has 0 unspecified atom stereocenters. The molecular weight excluding hydrogens is 250 g/mol. The number of nitrogens with zero attached hydrogens (tertiary/aromatic N) is 1. The van der Waals surface area contributed by atoms with Gasteiger partial charge in [0.1, 0.15) is 0 Å². The van der Waals surface area contributed by atoms with Crippen LogP contribution in [0.2, 0.25) is 19.6 Å². The van der Waals surface area contributed by atoms with Crippen molar-refractivity contribution in [2.45, 2.75) is 45.1 Å². The van der Waals surface area contributed by atoms with Gasteiger partial charge in [-0.15, -0.1) is 0 Å². The van der Waals surface area contributed by atoms with Gasteiger partial charge in [0.05, 0.1) is 14.2 Å². The largest absolute Gasteiger partial charge is 0.381 e. The fourth-order valence-electron chi connectivity index (χ4n) is 2.67. The Bertz CT molecular complexity index is 388. The minimum atomic E-state index is -1.15. The van der Waals surface area contributed by atoms with E-state index in [4.69, 9.17) is 4.74 Å². The van der Waals surface area contributed by atoms with Gasteiger partial charge in [-0.2, -0.15) is 0 Å². The van der Waals surface area contributed by atoms with Crippen LogP contribution in [0.25, 0.3) is 0 Å². The molecule has 19 heavy (non-hydrogen) atoms. The summed E-state index contributed by atoms with van der Waals surface area (Å²) >= 11 is 0. The summed E-state index contributed by atoms with van der Waals surface area (Å²) < 4.78 is 5.42. The molecule has 1 aliphatic heterocycles. The number of rotatable bonds is 4. The maximum Gasteiger partial charge on any atom is 0.0775 e. The van der Waals surface area contributed by atoms with Crippen LogP contribution in [0.15, 0.2) is 24.3 Å². The first-order valence-electron chi connectivity index (χ1n) is 7.33. The molecule has 0 bridgehead atoms. The third-order valence-electron chi connectivity index (χ3n) is 4.09. The number of methoxy groups -OCH3 is 1. The second-order valence-electron chi connectivity index (χ2n) is 6.66. The Balaban J connectivity index is 1.90. The number of piperidine rings is 1. The smallest absolute Gasteiger partial charge is 0.0775 e. The summed E-state index contributed by atoms with van der Waals surface area (Å²) in [5.74, 6) is 0. The summed E-state index contributed by atoms with van der Waals surface area (Å²) in [6.07, 6.45) is 2.82. The SMILES string of the molecule is COC1CCN(Cc2ccc([Si](C)(C)C)cc2)CC1. The zero-order chi connectivity index (χ0) is 13.9. The predicted octanol–water partition coefficient (Wildman–Crippen LogP) is 2.84. The quantitative estimate of drug-likeness (QED) is 0.785. The minimum Gasteiger partial charge on any atom is -0.381 e. The van der Waals surface area contributed by atoms with E-state index in [1.165, 1.54) is 18.4 Å². The van der Waals surface area contributed by atoms with Crippen molar-refractivity contribution in [3.05, 3.63) is 29.8 Å². The van der Waals surface area contributed by atoms with Crippen molar-refractivity contribution < 1.29 is 4.74 Å². The van der Waals surface area contributed by atoms with E-state index in [0.29, 0.717) is 6.10 Å². The molecule has 0 atom stereocenters. The monoisotopic (exact) mass is 277 g/mol. The van der Waals surface area contributed by atoms with Gasteiger partial charge in [-0.25, -0.2) is 0 Å². The zero-order valence-corrected chi connectivity index (χ0v) is 13.8. The van der Waals surface area contributed by atoms with E-state index < -0.39 is 8.07 Å². The van der Waals surface area contributed by atoms with E-state index in [1.807, 2.05) is 7.11 Å². The van der Waals surface area contributed by atoms with Crippen LogP contribution in [0.1, 0.15) is 18.4 Å². The van der Waals surface area contributed by atoms with Crippen LogP contribution in [-0.4, -0.2) is 39.3 Å². The normalized spacial score (nSPS) is 18.7. The Labute approximate surface area is 118 Å². The van der Waals surface area contributed by atoms with E-state index in [9.17, 15) is 0 Å². The second-order valence-corrected chi connectivity index (χ2v) is 11.7. The van der Waals surface area contributed by atoms with Crippen LogP contribution in [0.3, 0.4) is 0 Å². The maximum absolute atomic E-state index is 5.42. The van der Waals surface area contributed by atoms with Crippen LogP contribution in [0.5, 0.6) is 0 Å². The Morgan fingerprint density at radius 2 is 1.68 bits per heavy atom. The first kappa shape index (κ1) is 14.8. The third-order valence-corrected chi connectivity index (χ3v) is 6.16. The molecule has 1 saturated heterocycles. The fraction of sp³-hybridized carbons (Fsp3) is 0.625. The molecule has 0 saturated carbocycles. The predicted molar refractivity (Wildman–Crippen MR) is 84.7 cm³/mol. The van der Waals surface area contributed by atoms with Gasteiger partial charge in [0.15, 0.2) is 0 Å². The minimum absolute atomic E-state index is 0.477. The third kappa shape index (κ3) is 4.16. The average molecular weight is 277 g/mol. The first-order valence-corrected chi connectivity index (χ1v) is 10.8. The highest BCUT2D eigenvalue weighted by atomic mass is 28.3. The molecule has 106 valence electrons. The topological polar surface area (TPSA) is 12.5 Å². The molecular formula is C16H27NOSi. The van der Waals surface area contributed by atoms with Crippen molar-refractivity contribution in [3.8, 4) is 0 Å². The molecule has 3 heteroatoms. The molecule has 0 N–H and O–H groups in total. The van der Waals surface area contributed by atoms with Gasteiger partial charge in [-0.3, -0.25) is 4.90 Å². The standard InChI is InChI=1S/C16H27NOSi/c1-18-15-9-11-17(12-10-15)13-14-5-7-16(8-6-14)19(2,3)4/h5-8,15H,9-13H2,1-4H3. The van der Waals surface area contributed by atoms with Gasteiger partial charge in [0, 0.05) is 26.7 Å². The molecule has 1 aromatic carbocycles. The van der Waals surface area contributed by atoms with Crippen molar-refractivity contribution in [2.75, 3.05) is 20.2 Å². The van der Waals surface area contributed by atoms with Crippen LogP contribution >= 0.6 is 0 Å². The Morgan fingerprint density at radius 1 is 1.11 bits per heavy atom. The fourth-order valence-corrected chi connectivity index (χ4v) is 3.84. The van der Waals surface area contributed by atoms with E-state index in [0.717, 1.165) is 19.6 Å². The summed E-state index contributed by atoms with van der Waals surface area (Å²) in [5.41, 5.74) is 1.44. The molecule has 2 nitrogen and oxygen atoms in total. The van der Waals surface area contributed by atoms with Gasteiger partial charge in [0.2, 0.25) is 0 Å². The Hall–Kier alpha value is -0.643. The summed E-state index contributed by atoms with van der Waals surface area (Å²) in [6, 6.07) is 9.30. The summed E-state index contributed by atoms with van der Waals surface area (Å²) in [7, 11) is 0.676. The zero-order valence-electron chi connectivity index (χ0n) is 12.8. The van der Waals surface area contributed by atoms with Gasteiger partial charge in [-0.1, -0.05) is 49.1 Å². The van der Waals surface area contributed by atoms with Gasteiger partial charge in [0.25, 0.3) is 0 Å². The highest BCUT2D eigenvalue weighted by molar-refractivity contribution is 6.88. The van der Waals surface area contributed by atoms with Crippen molar-refractivity contribution in [1.29, 1.82) is 0 Å². The van der Waals surface area contributed by atoms with Crippen molar-refractivity contribution in [3.63, 3.8) is 0 Å². The van der Waals surface area contributed by atoms with Crippen LogP contribution < -0.4 is 5.19 Å².